The van der Waals surface area contributed by atoms with Crippen molar-refractivity contribution in [2.75, 3.05) is 17.9 Å². The third-order valence-electron chi connectivity index (χ3n) is 4.66. The summed E-state index contributed by atoms with van der Waals surface area (Å²) in [5, 5.41) is 18.5. The molecule has 0 fully saturated rings. The topological polar surface area (TPSA) is 95.8 Å². The Bertz CT molecular complexity index is 1340. The van der Waals surface area contributed by atoms with Gasteiger partial charge in [0.05, 0.1) is 13.3 Å². The van der Waals surface area contributed by atoms with Crippen LogP contribution >= 0.6 is 38.9 Å². The Morgan fingerprint density at radius 1 is 1.15 bits per heavy atom. The Morgan fingerprint density at radius 3 is 2.59 bits per heavy atom. The molecule has 0 radical (unpaired) electrons. The van der Waals surface area contributed by atoms with E-state index in [2.05, 4.69) is 36.8 Å². The van der Waals surface area contributed by atoms with Crippen LogP contribution in [0.3, 0.4) is 0 Å². The Labute approximate surface area is 213 Å². The number of hydrogen-bond acceptors (Lipinski definition) is 7. The van der Waals surface area contributed by atoms with Crippen LogP contribution in [0.5, 0.6) is 11.5 Å². The Morgan fingerprint density at radius 2 is 1.88 bits per heavy atom. The molecule has 1 aromatic heterocycles. The summed E-state index contributed by atoms with van der Waals surface area (Å²) in [6, 6.07) is 19.2. The lowest BCUT2D eigenvalue weighted by atomic mass is 10.1. The molecule has 0 aliphatic heterocycles. The number of hydrazone groups is 1. The molecular formula is C24H18BrClN4O3S. The van der Waals surface area contributed by atoms with Gasteiger partial charge in [0, 0.05) is 20.6 Å². The summed E-state index contributed by atoms with van der Waals surface area (Å²) in [5.74, 6) is 0.144. The summed E-state index contributed by atoms with van der Waals surface area (Å²) in [4.78, 5) is 17.4. The van der Waals surface area contributed by atoms with Crippen LogP contribution in [0.4, 0.5) is 10.1 Å². The van der Waals surface area contributed by atoms with Gasteiger partial charge in [-0.2, -0.15) is 5.10 Å². The molecule has 0 aliphatic rings. The van der Waals surface area contributed by atoms with Crippen LogP contribution in [-0.4, -0.2) is 29.3 Å². The third kappa shape index (κ3) is 5.74. The quantitative estimate of drug-likeness (QED) is 0.175. The normalized spacial score (nSPS) is 10.9. The molecule has 0 bridgehead atoms. The van der Waals surface area contributed by atoms with Gasteiger partial charge >= 0.3 is 0 Å². The fourth-order valence-electron chi connectivity index (χ4n) is 2.97. The first kappa shape index (κ1) is 23.7. The van der Waals surface area contributed by atoms with Crippen molar-refractivity contribution in [3.8, 4) is 22.8 Å². The van der Waals surface area contributed by atoms with Gasteiger partial charge < -0.3 is 15.2 Å². The van der Waals surface area contributed by atoms with Gasteiger partial charge in [-0.3, -0.25) is 10.2 Å². The molecule has 3 aromatic carbocycles. The number of benzene rings is 3. The average Bonchev–Trinajstić information content (AvgIpc) is 3.23. The number of phenols is 1. The van der Waals surface area contributed by atoms with Crippen molar-refractivity contribution in [2.45, 2.75) is 0 Å². The minimum absolute atomic E-state index is 0.0475. The zero-order chi connectivity index (χ0) is 24.1. The molecule has 3 N–H and O–H groups in total. The fraction of sp³-hybridized carbons (Fsp3) is 0.0417. The lowest BCUT2D eigenvalue weighted by molar-refractivity contribution is 0.102. The van der Waals surface area contributed by atoms with Crippen LogP contribution < -0.4 is 15.5 Å². The number of thiazole rings is 1. The molecule has 0 unspecified atom stereocenters. The van der Waals surface area contributed by atoms with Crippen LogP contribution in [-0.2, 0) is 0 Å². The number of ether oxygens (including phenoxy) is 1. The predicted molar refractivity (Wildman–Crippen MR) is 141 cm³/mol. The van der Waals surface area contributed by atoms with E-state index in [0.29, 0.717) is 32.2 Å². The number of rotatable bonds is 7. The number of amides is 1. The zero-order valence-electron chi connectivity index (χ0n) is 17.8. The highest BCUT2D eigenvalue weighted by molar-refractivity contribution is 9.10. The molecule has 1 heterocycles. The number of anilines is 2. The van der Waals surface area contributed by atoms with Gasteiger partial charge in [-0.1, -0.05) is 51.0 Å². The van der Waals surface area contributed by atoms with Crippen LogP contribution in [0.25, 0.3) is 11.3 Å². The molecule has 0 saturated carbocycles. The van der Waals surface area contributed by atoms with Gasteiger partial charge in [-0.25, -0.2) is 4.98 Å². The number of hydrogen-bond donors (Lipinski definition) is 3. The Balaban J connectivity index is 1.59. The number of halogens is 2. The van der Waals surface area contributed by atoms with Crippen LogP contribution in [0.15, 0.2) is 76.3 Å². The van der Waals surface area contributed by atoms with E-state index in [1.807, 2.05) is 24.3 Å². The van der Waals surface area contributed by atoms with Crippen molar-refractivity contribution in [3.63, 3.8) is 0 Å². The number of aromatic hydroxyl groups is 1. The van der Waals surface area contributed by atoms with E-state index in [9.17, 15) is 9.90 Å². The number of methoxy groups -OCH3 is 1. The summed E-state index contributed by atoms with van der Waals surface area (Å²) >= 11 is 10.7. The minimum atomic E-state index is -0.252. The van der Waals surface area contributed by atoms with Crippen LogP contribution in [0.2, 0.25) is 5.02 Å². The minimum Gasteiger partial charge on any atom is -0.504 e. The molecule has 172 valence electrons. The third-order valence-corrected chi connectivity index (χ3v) is 6.31. The second kappa shape index (κ2) is 10.7. The van der Waals surface area contributed by atoms with Gasteiger partial charge in [0.2, 0.25) is 5.13 Å². The average molecular weight is 558 g/mol. The van der Waals surface area contributed by atoms with Crippen LogP contribution in [0, 0.1) is 0 Å². The standard InChI is InChI=1S/C24H18BrClN4O3S/c1-33-20-12-14(2-11-19(20)31)13-27-30-24-28-21(15-5-9-18(26)10-6-15)23(34-24)29-22(32)16-3-7-17(25)8-4-16/h2-13,31H,1H3,(H,28,30)(H,29,32). The maximum absolute atomic E-state index is 12.8. The van der Waals surface area contributed by atoms with E-state index >= 15 is 0 Å². The van der Waals surface area contributed by atoms with Crippen LogP contribution in [0.1, 0.15) is 15.9 Å². The summed E-state index contributed by atoms with van der Waals surface area (Å²) in [7, 11) is 1.48. The fourth-order valence-corrected chi connectivity index (χ4v) is 4.19. The lowest BCUT2D eigenvalue weighted by Crippen LogP contribution is -2.11. The first-order valence-corrected chi connectivity index (χ1v) is 11.9. The van der Waals surface area contributed by atoms with Crippen molar-refractivity contribution < 1.29 is 14.6 Å². The number of carbonyl (C=O) groups is 1. The maximum atomic E-state index is 12.8. The molecule has 0 saturated heterocycles. The van der Waals surface area contributed by atoms with Crippen molar-refractivity contribution in [1.29, 1.82) is 0 Å². The summed E-state index contributed by atoms with van der Waals surface area (Å²) in [5.41, 5.74) is 5.53. The second-order valence-corrected chi connectivity index (χ2v) is 9.32. The highest BCUT2D eigenvalue weighted by Crippen LogP contribution is 2.36. The Kier molecular flexibility index (Phi) is 7.46. The zero-order valence-corrected chi connectivity index (χ0v) is 20.9. The van der Waals surface area contributed by atoms with Gasteiger partial charge in [0.15, 0.2) is 11.5 Å². The van der Waals surface area contributed by atoms with Gasteiger partial charge in [-0.05, 0) is 60.2 Å². The molecule has 0 spiro atoms. The Hall–Kier alpha value is -3.40. The molecule has 7 nitrogen and oxygen atoms in total. The largest absolute Gasteiger partial charge is 0.504 e. The number of aromatic nitrogens is 1. The molecule has 4 rings (SSSR count). The molecule has 4 aromatic rings. The number of nitrogens with one attached hydrogen (secondary N) is 2. The molecule has 1 amide bonds. The van der Waals surface area contributed by atoms with E-state index in [1.165, 1.54) is 24.5 Å². The van der Waals surface area contributed by atoms with Gasteiger partial charge in [-0.15, -0.1) is 0 Å². The highest BCUT2D eigenvalue weighted by atomic mass is 79.9. The lowest BCUT2D eigenvalue weighted by Gasteiger charge is -2.06. The molecular weight excluding hydrogens is 540 g/mol. The maximum Gasteiger partial charge on any atom is 0.256 e. The molecule has 10 heteroatoms. The van der Waals surface area contributed by atoms with E-state index < -0.39 is 0 Å². The van der Waals surface area contributed by atoms with E-state index in [4.69, 9.17) is 16.3 Å². The number of nitrogens with zero attached hydrogens (tertiary/aromatic N) is 2. The van der Waals surface area contributed by atoms with Gasteiger partial charge in [0.1, 0.15) is 10.7 Å². The summed E-state index contributed by atoms with van der Waals surface area (Å²) < 4.78 is 6.00. The molecule has 0 aliphatic carbocycles. The number of phenolic OH excluding ortho intramolecular Hbond substituents is 1. The SMILES string of the molecule is COc1cc(C=NNc2nc(-c3ccc(Cl)cc3)c(NC(=O)c3ccc(Br)cc3)s2)ccc1O. The first-order valence-electron chi connectivity index (χ1n) is 9.92. The predicted octanol–water partition coefficient (Wildman–Crippen LogP) is 6.64. The smallest absolute Gasteiger partial charge is 0.256 e. The van der Waals surface area contributed by atoms with E-state index in [-0.39, 0.29) is 11.7 Å². The molecule has 0 atom stereocenters. The monoisotopic (exact) mass is 556 g/mol. The van der Waals surface area contributed by atoms with E-state index in [0.717, 1.165) is 15.6 Å². The van der Waals surface area contributed by atoms with Gasteiger partial charge in [0.25, 0.3) is 5.91 Å². The second-order valence-electron chi connectivity index (χ2n) is 6.97. The summed E-state index contributed by atoms with van der Waals surface area (Å²) in [6.07, 6.45) is 1.57. The van der Waals surface area contributed by atoms with Crippen molar-refractivity contribution >= 4 is 61.1 Å². The van der Waals surface area contributed by atoms with E-state index in [1.54, 1.807) is 42.6 Å². The highest BCUT2D eigenvalue weighted by Gasteiger charge is 2.17. The van der Waals surface area contributed by atoms with Crippen molar-refractivity contribution in [2.24, 2.45) is 5.10 Å². The van der Waals surface area contributed by atoms with Crippen molar-refractivity contribution in [1.82, 2.24) is 4.98 Å². The number of carbonyl (C=O) groups excluding carboxylic acids is 1. The van der Waals surface area contributed by atoms with Crippen molar-refractivity contribution in [3.05, 3.63) is 87.4 Å². The summed E-state index contributed by atoms with van der Waals surface area (Å²) in [6.45, 7) is 0. The first-order chi connectivity index (χ1) is 16.4. The molecule has 34 heavy (non-hydrogen) atoms.